The summed E-state index contributed by atoms with van der Waals surface area (Å²) >= 11 is 1.72. The Morgan fingerprint density at radius 3 is 1.76 bits per heavy atom. The largest absolute Gasteiger partial charge is 0.470 e. The molecule has 33 heavy (non-hydrogen) atoms. The maximum absolute atomic E-state index is 13.4. The lowest BCUT2D eigenvalue weighted by Crippen LogP contribution is -2.34. The van der Waals surface area contributed by atoms with E-state index in [1.165, 1.54) is 7.11 Å². The average molecular weight is 483 g/mol. The van der Waals surface area contributed by atoms with Crippen LogP contribution in [-0.2, 0) is 23.8 Å². The van der Waals surface area contributed by atoms with Crippen molar-refractivity contribution in [2.24, 2.45) is 0 Å². The Bertz CT molecular complexity index is 904. The second-order valence-corrected chi connectivity index (χ2v) is 10.7. The Morgan fingerprint density at radius 1 is 0.879 bits per heavy atom. The minimum atomic E-state index is -1.79. The molecule has 0 spiro atoms. The summed E-state index contributed by atoms with van der Waals surface area (Å²) in [6.07, 6.45) is 0. The molecule has 2 atom stereocenters. The Labute approximate surface area is 200 Å². The Hall–Kier alpha value is -2.05. The van der Waals surface area contributed by atoms with E-state index in [0.29, 0.717) is 32.1 Å². The minimum absolute atomic E-state index is 0.485. The van der Waals surface area contributed by atoms with Gasteiger partial charge in [0.1, 0.15) is 0 Å². The number of hydrogen-bond acceptors (Lipinski definition) is 5. The summed E-state index contributed by atoms with van der Waals surface area (Å²) in [5.41, 5.74) is 3.47. The Kier molecular flexibility index (Phi) is 8.68. The van der Waals surface area contributed by atoms with Crippen molar-refractivity contribution in [1.29, 1.82) is 0 Å². The number of benzene rings is 3. The Morgan fingerprint density at radius 2 is 1.33 bits per heavy atom. The molecule has 0 aliphatic carbocycles. The van der Waals surface area contributed by atoms with Gasteiger partial charge in [-0.3, -0.25) is 0 Å². The van der Waals surface area contributed by atoms with Crippen molar-refractivity contribution in [1.82, 2.24) is 4.67 Å². The lowest BCUT2D eigenvalue weighted by atomic mass is 9.84. The predicted octanol–water partition coefficient (Wildman–Crippen LogP) is 5.69. The van der Waals surface area contributed by atoms with Crippen LogP contribution in [0.4, 0.5) is 0 Å². The first-order valence-corrected chi connectivity index (χ1v) is 13.3. The third-order valence-corrected chi connectivity index (χ3v) is 9.28. The van der Waals surface area contributed by atoms with E-state index in [4.69, 9.17) is 14.5 Å². The molecule has 0 bridgehead atoms. The second kappa shape index (κ2) is 11.9. The number of rotatable bonds is 10. The van der Waals surface area contributed by atoms with Crippen molar-refractivity contribution in [2.75, 3.05) is 39.2 Å². The highest BCUT2D eigenvalue weighted by atomic mass is 32.2. The molecule has 0 saturated carbocycles. The number of ether oxygens (including phenoxy) is 1. The minimum Gasteiger partial charge on any atom is -0.378 e. The summed E-state index contributed by atoms with van der Waals surface area (Å²) in [5, 5.41) is 0. The highest BCUT2D eigenvalue weighted by Crippen LogP contribution is 2.50. The zero-order chi connectivity index (χ0) is 22.9. The van der Waals surface area contributed by atoms with E-state index in [0.717, 1.165) is 16.7 Å². The SMILES string of the molecule is COOC(CSC(c1ccccc1)(c1ccccc1)c1ccccc1)[P+](=O)N1CCOCC1. The van der Waals surface area contributed by atoms with Crippen LogP contribution in [0.15, 0.2) is 91.0 Å². The van der Waals surface area contributed by atoms with Crippen LogP contribution in [0, 0.1) is 0 Å². The van der Waals surface area contributed by atoms with Gasteiger partial charge in [-0.2, -0.15) is 4.89 Å². The van der Waals surface area contributed by atoms with Crippen molar-refractivity contribution in [3.05, 3.63) is 108 Å². The van der Waals surface area contributed by atoms with Gasteiger partial charge in [0.05, 0.1) is 43.9 Å². The molecule has 7 heteroatoms. The maximum Gasteiger partial charge on any atom is 0.470 e. The molecule has 3 aromatic rings. The average Bonchev–Trinajstić information content (AvgIpc) is 2.90. The lowest BCUT2D eigenvalue weighted by Gasteiger charge is -2.35. The van der Waals surface area contributed by atoms with Crippen molar-refractivity contribution < 1.29 is 19.1 Å². The second-order valence-electron chi connectivity index (χ2n) is 7.68. The molecule has 1 aliphatic rings. The monoisotopic (exact) mass is 482 g/mol. The lowest BCUT2D eigenvalue weighted by molar-refractivity contribution is -0.280. The third-order valence-electron chi connectivity index (χ3n) is 5.70. The van der Waals surface area contributed by atoms with Gasteiger partial charge >= 0.3 is 13.8 Å². The third kappa shape index (κ3) is 5.55. The molecule has 5 nitrogen and oxygen atoms in total. The number of morpholine rings is 1. The molecule has 0 N–H and O–H groups in total. The van der Waals surface area contributed by atoms with Crippen LogP contribution < -0.4 is 0 Å². The molecule has 1 heterocycles. The first kappa shape index (κ1) is 24.1. The summed E-state index contributed by atoms with van der Waals surface area (Å²) in [5.74, 6) is -0.0948. The van der Waals surface area contributed by atoms with Gasteiger partial charge < -0.3 is 4.74 Å². The fourth-order valence-electron chi connectivity index (χ4n) is 4.14. The summed E-state index contributed by atoms with van der Waals surface area (Å²) in [4.78, 5) is 10.6. The van der Waals surface area contributed by atoms with Crippen molar-refractivity contribution >= 4 is 19.7 Å². The number of nitrogens with zero attached hydrogens (tertiary/aromatic N) is 1. The van der Waals surface area contributed by atoms with Gasteiger partial charge in [-0.1, -0.05) is 95.7 Å². The molecule has 0 aromatic heterocycles. The van der Waals surface area contributed by atoms with Gasteiger partial charge in [0.2, 0.25) is 0 Å². The zero-order valence-electron chi connectivity index (χ0n) is 18.7. The standard InChI is InChI=1S/C26H29NO4PS/c1-29-31-25(32(28)27-17-19-30-20-18-27)21-33-26(22-11-5-2-6-12-22,23-13-7-3-8-14-23)24-15-9-4-10-16-24/h2-16,25H,17-21H2,1H3/q+1. The summed E-state index contributed by atoms with van der Waals surface area (Å²) in [6.45, 7) is 2.42. The normalized spacial score (nSPS) is 16.3. The summed E-state index contributed by atoms with van der Waals surface area (Å²) in [6, 6.07) is 31.4. The molecule has 1 aliphatic heterocycles. The zero-order valence-corrected chi connectivity index (χ0v) is 20.4. The van der Waals surface area contributed by atoms with Crippen LogP contribution in [0.3, 0.4) is 0 Å². The van der Waals surface area contributed by atoms with E-state index in [1.54, 1.807) is 11.8 Å². The van der Waals surface area contributed by atoms with Crippen LogP contribution in [0.1, 0.15) is 16.7 Å². The van der Waals surface area contributed by atoms with E-state index in [1.807, 2.05) is 22.9 Å². The maximum atomic E-state index is 13.4. The van der Waals surface area contributed by atoms with E-state index in [9.17, 15) is 4.57 Å². The van der Waals surface area contributed by atoms with Crippen LogP contribution in [-0.4, -0.2) is 49.7 Å². The Balaban J connectivity index is 1.73. The molecule has 0 radical (unpaired) electrons. The molecule has 1 saturated heterocycles. The molecule has 3 aromatic carbocycles. The summed E-state index contributed by atoms with van der Waals surface area (Å²) < 4.78 is 20.3. The smallest absolute Gasteiger partial charge is 0.378 e. The first-order valence-electron chi connectivity index (χ1n) is 11.0. The highest BCUT2D eigenvalue weighted by molar-refractivity contribution is 8.00. The van der Waals surface area contributed by atoms with Gasteiger partial charge in [0.15, 0.2) is 0 Å². The number of thioether (sulfide) groups is 1. The fourth-order valence-corrected chi connectivity index (χ4v) is 7.31. The molecule has 0 amide bonds. The van der Waals surface area contributed by atoms with Gasteiger partial charge in [-0.05, 0) is 21.3 Å². The predicted molar refractivity (Wildman–Crippen MR) is 134 cm³/mol. The van der Waals surface area contributed by atoms with E-state index < -0.39 is 18.5 Å². The number of hydrogen-bond donors (Lipinski definition) is 0. The highest BCUT2D eigenvalue weighted by Gasteiger charge is 2.44. The first-order chi connectivity index (χ1) is 16.3. The fraction of sp³-hybridized carbons (Fsp3) is 0.308. The summed E-state index contributed by atoms with van der Waals surface area (Å²) in [7, 11) is -0.321. The van der Waals surface area contributed by atoms with Gasteiger partial charge in [-0.15, -0.1) is 11.8 Å². The van der Waals surface area contributed by atoms with E-state index in [-0.39, 0.29) is 0 Å². The molecule has 2 unspecified atom stereocenters. The van der Waals surface area contributed by atoms with Gasteiger partial charge in [-0.25, -0.2) is 4.89 Å². The quantitative estimate of drug-likeness (QED) is 0.160. The van der Waals surface area contributed by atoms with Gasteiger partial charge in [0.25, 0.3) is 0 Å². The van der Waals surface area contributed by atoms with Crippen LogP contribution in [0.5, 0.6) is 0 Å². The van der Waals surface area contributed by atoms with Crippen LogP contribution >= 0.6 is 19.7 Å². The van der Waals surface area contributed by atoms with E-state index >= 15 is 0 Å². The van der Waals surface area contributed by atoms with Gasteiger partial charge in [0, 0.05) is 0 Å². The van der Waals surface area contributed by atoms with Crippen LogP contribution in [0.2, 0.25) is 0 Å². The van der Waals surface area contributed by atoms with Crippen molar-refractivity contribution in [3.63, 3.8) is 0 Å². The van der Waals surface area contributed by atoms with E-state index in [2.05, 4.69) is 72.8 Å². The molecule has 172 valence electrons. The topological polar surface area (TPSA) is 48.0 Å². The van der Waals surface area contributed by atoms with Crippen molar-refractivity contribution in [3.8, 4) is 0 Å². The van der Waals surface area contributed by atoms with Crippen molar-refractivity contribution in [2.45, 2.75) is 10.6 Å². The van der Waals surface area contributed by atoms with Crippen LogP contribution in [0.25, 0.3) is 0 Å². The molecule has 1 fully saturated rings. The molecular weight excluding hydrogens is 453 g/mol. The molecular formula is C26H29NO4PS+. The molecule has 4 rings (SSSR count).